The summed E-state index contributed by atoms with van der Waals surface area (Å²) in [7, 11) is 0. The number of hydrogen-bond donors (Lipinski definition) is 0. The van der Waals surface area contributed by atoms with Gasteiger partial charge in [0.25, 0.3) is 0 Å². The highest BCUT2D eigenvalue weighted by Crippen LogP contribution is 2.42. The monoisotopic (exact) mass is 1460 g/mol. The zero-order chi connectivity index (χ0) is 79.3. The van der Waals surface area contributed by atoms with Gasteiger partial charge >= 0.3 is 55.6 Å². The number of halogens is 27. The molecule has 0 fully saturated rings. The zero-order valence-corrected chi connectivity index (χ0v) is 62.5. The van der Waals surface area contributed by atoms with E-state index in [0.717, 1.165) is 71.1 Å². The van der Waals surface area contributed by atoms with Crippen molar-refractivity contribution in [1.82, 2.24) is 0 Å². The number of alkyl halides is 27. The lowest BCUT2D eigenvalue weighted by atomic mass is 9.94. The molecule has 0 N–H and O–H groups in total. The fourth-order valence-electron chi connectivity index (χ4n) is 4.70. The smallest absolute Gasteiger partial charge is 0.171 e. The van der Waals surface area contributed by atoms with Crippen molar-refractivity contribution in [3.05, 3.63) is 0 Å². The molecule has 0 unspecified atom stereocenters. The van der Waals surface area contributed by atoms with Crippen LogP contribution in [0.25, 0.3) is 0 Å². The lowest BCUT2D eigenvalue weighted by Crippen LogP contribution is -2.36. The third-order valence-corrected chi connectivity index (χ3v) is 14.1. The lowest BCUT2D eigenvalue weighted by Gasteiger charge is -2.21. The molecule has 0 nitrogen and oxygen atoms in total. The average molecular weight is 1460 g/mol. The molecule has 592 valence electrons. The summed E-state index contributed by atoms with van der Waals surface area (Å²) in [6.07, 6.45) is -30.0. The van der Waals surface area contributed by atoms with E-state index >= 15 is 0 Å². The van der Waals surface area contributed by atoms with Crippen molar-refractivity contribution in [3.8, 4) is 0 Å². The molecule has 4 atom stereocenters. The van der Waals surface area contributed by atoms with Crippen LogP contribution < -0.4 is 0 Å². The fourth-order valence-corrected chi connectivity index (χ4v) is 4.70. The van der Waals surface area contributed by atoms with Gasteiger partial charge in [-0.2, -0.15) is 119 Å². The summed E-state index contributed by atoms with van der Waals surface area (Å²) in [4.78, 5) is 0. The van der Waals surface area contributed by atoms with Gasteiger partial charge in [-0.15, -0.1) is 0 Å². The molecular weight excluding hydrogens is 1330 g/mol. The van der Waals surface area contributed by atoms with Crippen LogP contribution in [0.2, 0.25) is 0 Å². The van der Waals surface area contributed by atoms with Gasteiger partial charge in [0.15, 0.2) is 5.92 Å². The molecule has 27 heteroatoms. The van der Waals surface area contributed by atoms with Gasteiger partial charge in [0.05, 0.1) is 23.2 Å². The van der Waals surface area contributed by atoms with E-state index < -0.39 is 117 Å². The van der Waals surface area contributed by atoms with Crippen LogP contribution in [0, 0.1) is 57.7 Å². The van der Waals surface area contributed by atoms with Crippen LogP contribution in [0.1, 0.15) is 328 Å². The molecule has 0 aromatic carbocycles. The van der Waals surface area contributed by atoms with Gasteiger partial charge in [-0.1, -0.05) is 270 Å². The molecule has 0 aliphatic rings. The summed E-state index contributed by atoms with van der Waals surface area (Å²) < 4.78 is 313. The predicted molar refractivity (Wildman–Crippen MR) is 340 cm³/mol. The third-order valence-electron chi connectivity index (χ3n) is 14.1. The minimum Gasteiger partial charge on any atom is -0.171 e. The Hall–Kier alpha value is -1.89. The second kappa shape index (κ2) is 58.7. The average Bonchev–Trinajstić information content (AvgIpc) is 0.883. The number of unbranched alkanes of at least 4 members (excludes halogenated alkanes) is 6. The summed E-state index contributed by atoms with van der Waals surface area (Å²) >= 11 is 0. The Morgan fingerprint density at radius 1 is 0.263 bits per heavy atom. The maximum atomic E-state index is 11.8. The largest absolute Gasteiger partial charge is 0.400 e. The van der Waals surface area contributed by atoms with Crippen molar-refractivity contribution < 1.29 is 119 Å². The van der Waals surface area contributed by atoms with E-state index in [4.69, 9.17) is 0 Å². The summed E-state index contributed by atoms with van der Waals surface area (Å²) in [5, 5.41) is 0. The van der Waals surface area contributed by atoms with Crippen molar-refractivity contribution >= 4 is 0 Å². The summed E-state index contributed by atoms with van der Waals surface area (Å²) in [6, 6.07) is 0. The Morgan fingerprint density at radius 3 is 0.663 bits per heavy atom. The molecule has 95 heavy (non-hydrogen) atoms. The molecule has 0 bridgehead atoms. The van der Waals surface area contributed by atoms with Crippen LogP contribution in [-0.2, 0) is 0 Å². The van der Waals surface area contributed by atoms with Gasteiger partial charge in [0, 0.05) is 19.3 Å². The van der Waals surface area contributed by atoms with Crippen molar-refractivity contribution in [3.63, 3.8) is 0 Å². The molecular formula is C68H131F27. The molecule has 0 saturated carbocycles. The van der Waals surface area contributed by atoms with Crippen molar-refractivity contribution in [2.75, 3.05) is 0 Å². The molecule has 0 aromatic rings. The maximum Gasteiger partial charge on any atom is 0.400 e. The Morgan fingerprint density at radius 2 is 0.516 bits per heavy atom. The summed E-state index contributed by atoms with van der Waals surface area (Å²) in [6.45, 7) is 49.1. The molecule has 0 heterocycles. The summed E-state index contributed by atoms with van der Waals surface area (Å²) in [5.74, 6) is -4.63. The van der Waals surface area contributed by atoms with E-state index in [-0.39, 0.29) is 32.1 Å². The molecule has 0 aliphatic carbocycles. The van der Waals surface area contributed by atoms with E-state index in [0.29, 0.717) is 36.5 Å². The highest BCUT2D eigenvalue weighted by molar-refractivity contribution is 4.75. The van der Waals surface area contributed by atoms with Crippen LogP contribution in [0.5, 0.6) is 0 Å². The lowest BCUT2D eigenvalue weighted by molar-refractivity contribution is -0.285. The molecule has 0 spiro atoms. The van der Waals surface area contributed by atoms with Crippen molar-refractivity contribution in [1.29, 1.82) is 0 Å². The van der Waals surface area contributed by atoms with Gasteiger partial charge in [-0.25, -0.2) is 0 Å². The van der Waals surface area contributed by atoms with Crippen LogP contribution in [0.15, 0.2) is 0 Å². The minimum atomic E-state index is -5.17. The van der Waals surface area contributed by atoms with E-state index in [2.05, 4.69) is 104 Å². The highest BCUT2D eigenvalue weighted by Gasteiger charge is 2.55. The highest BCUT2D eigenvalue weighted by atomic mass is 19.4. The van der Waals surface area contributed by atoms with Gasteiger partial charge in [0.2, 0.25) is 0 Å². The predicted octanol–water partition coefficient (Wildman–Crippen LogP) is 32.7. The normalized spacial score (nSPS) is 13.8. The zero-order valence-electron chi connectivity index (χ0n) is 62.5. The van der Waals surface area contributed by atoms with E-state index in [1.165, 1.54) is 52.9 Å². The molecule has 0 rings (SSSR count). The van der Waals surface area contributed by atoms with Gasteiger partial charge in [-0.3, -0.25) is 0 Å². The SMILES string of the molecule is CC(C)(C)C(F)(F)F.CCC(C)(C)C.CCC(C)(C)C.CCC(C)CC.CCCC(C(F)(F)F)C(F)(F)F.CCCCCC(F)(F)F.CCCCCCC(F)(F)F.CCCC[C@H](C)C(F)(F)F.CCC[C@H](C)C(F)(F)F.CC[C@@H](C)C(C)C.C[C@@H](CCC(F)(F)F)C(F)(F)F. The topological polar surface area (TPSA) is 0 Å². The van der Waals surface area contributed by atoms with E-state index in [9.17, 15) is 119 Å². The third kappa shape index (κ3) is 111. The van der Waals surface area contributed by atoms with Crippen molar-refractivity contribution in [2.24, 2.45) is 57.7 Å². The Labute approximate surface area is 558 Å². The van der Waals surface area contributed by atoms with E-state index in [1.807, 2.05) is 20.8 Å². The Kier molecular flexibility index (Phi) is 72.4. The Balaban J connectivity index is -0.0000000915. The standard InChI is InChI=1S/2C7H13F3.C7H16.2C6H8F6.2C6H11F3.3C6H14.C5H9F3/c1-3-4-5-6(2)7(8,9)10;1-2-3-4-5-6-7(8,9)10;1-5-7(4)6(2)3;1-4(6(10,11)12)2-3-5(7,8)9;1-2-3-4(5(7,8)9)6(10,11)12;1-3-4-5(2)6(7,8)9;1-2-3-4-5-6(7,8)9;2*1-5-6(2,3)4;1-4-6(3)5-2;1-4(2,3)5(6,7)8/h6H,3-5H2,1-2H3;2-6H2,1H3;6-7H,5H2,1-4H3;2*4H,2-3H2,1H3;5H,3-4H2,1-2H3;2-5H2,1H3;2*5H2,1-4H3;6H,4-5H2,1-3H3;1-3H3/t6-;;7-;4-;;5-;;;;;/m0.10.0...../s1. The van der Waals surface area contributed by atoms with Crippen LogP contribution >= 0.6 is 0 Å². The number of rotatable bonds is 20. The first-order valence-electron chi connectivity index (χ1n) is 33.4. The molecule has 0 amide bonds. The van der Waals surface area contributed by atoms with Crippen LogP contribution in [-0.4, -0.2) is 55.6 Å². The van der Waals surface area contributed by atoms with Gasteiger partial charge in [0.1, 0.15) is 0 Å². The first kappa shape index (κ1) is 117. The first-order chi connectivity index (χ1) is 41.8. The molecule has 0 saturated heterocycles. The van der Waals surface area contributed by atoms with Crippen molar-refractivity contribution in [2.45, 2.75) is 383 Å². The molecule has 0 aromatic heterocycles. The molecule has 0 aliphatic heterocycles. The Bertz CT molecular complexity index is 1510. The van der Waals surface area contributed by atoms with Crippen LogP contribution in [0.3, 0.4) is 0 Å². The maximum absolute atomic E-state index is 11.8. The van der Waals surface area contributed by atoms with Gasteiger partial charge in [-0.05, 0) is 67.1 Å². The minimum absolute atomic E-state index is 0.135. The second-order valence-corrected chi connectivity index (χ2v) is 27.5. The van der Waals surface area contributed by atoms with Crippen LogP contribution in [0.4, 0.5) is 119 Å². The van der Waals surface area contributed by atoms with Gasteiger partial charge < -0.3 is 0 Å². The van der Waals surface area contributed by atoms with E-state index in [1.54, 1.807) is 6.92 Å². The quantitative estimate of drug-likeness (QED) is 0.0842. The fraction of sp³-hybridized carbons (Fsp3) is 1.00. The summed E-state index contributed by atoms with van der Waals surface area (Å²) in [5.41, 5.74) is -0.479. The molecule has 0 radical (unpaired) electrons. The second-order valence-electron chi connectivity index (χ2n) is 27.5. The number of hydrogen-bond acceptors (Lipinski definition) is 0. The first-order valence-corrected chi connectivity index (χ1v) is 33.4.